The third kappa shape index (κ3) is 3.58. The predicted octanol–water partition coefficient (Wildman–Crippen LogP) is 4.84. The van der Waals surface area contributed by atoms with Crippen molar-refractivity contribution in [3.63, 3.8) is 0 Å². The predicted molar refractivity (Wildman–Crippen MR) is 107 cm³/mol. The third-order valence-corrected chi connectivity index (χ3v) is 6.30. The smallest absolute Gasteiger partial charge is 0.266 e. The summed E-state index contributed by atoms with van der Waals surface area (Å²) in [6.45, 7) is 1.86. The Morgan fingerprint density at radius 1 is 1.35 bits per heavy atom. The number of aromatic hydroxyl groups is 1. The lowest BCUT2D eigenvalue weighted by Crippen LogP contribution is -2.39. The molecule has 3 nitrogen and oxygen atoms in total. The highest BCUT2D eigenvalue weighted by molar-refractivity contribution is 14.1. The molecular formula is C17H18INO2S2. The summed E-state index contributed by atoms with van der Waals surface area (Å²) in [5, 5.41) is 10.2. The summed E-state index contributed by atoms with van der Waals surface area (Å²) in [7, 11) is 0. The number of carbonyl (C=O) groups is 1. The van der Waals surface area contributed by atoms with Crippen LogP contribution < -0.4 is 0 Å². The van der Waals surface area contributed by atoms with Gasteiger partial charge >= 0.3 is 0 Å². The molecule has 0 atom stereocenters. The fraction of sp³-hybridized carbons (Fsp3) is 0.412. The number of nitrogens with zero attached hydrogens (tertiary/aromatic N) is 1. The highest BCUT2D eigenvalue weighted by Crippen LogP contribution is 2.38. The van der Waals surface area contributed by atoms with Crippen LogP contribution in [0.25, 0.3) is 6.08 Å². The molecule has 1 saturated carbocycles. The SMILES string of the molecule is Cc1cc(I)cc(/C=C2/SC(=S)N(C3CCCCC3)C2=O)c1O. The first-order valence-corrected chi connectivity index (χ1v) is 10.0. The Bertz CT molecular complexity index is 696. The number of amides is 1. The van der Waals surface area contributed by atoms with Crippen LogP contribution in [0.5, 0.6) is 5.75 Å². The number of phenolic OH excluding ortho intramolecular Hbond substituents is 1. The van der Waals surface area contributed by atoms with Crippen LogP contribution in [0, 0.1) is 10.5 Å². The number of thioether (sulfide) groups is 1. The van der Waals surface area contributed by atoms with Crippen molar-refractivity contribution in [3.8, 4) is 5.75 Å². The minimum atomic E-state index is -0.0113. The van der Waals surface area contributed by atoms with E-state index in [0.717, 1.165) is 34.8 Å². The summed E-state index contributed by atoms with van der Waals surface area (Å²) in [6.07, 6.45) is 7.42. The standard InChI is InChI=1S/C17H18INO2S2/c1-10-7-12(18)8-11(15(10)20)9-14-16(21)19(17(22)23-14)13-5-3-2-4-6-13/h7-9,13,20H,2-6H2,1H3/b14-9+. The van der Waals surface area contributed by atoms with Crippen LogP contribution in [0.4, 0.5) is 0 Å². The van der Waals surface area contributed by atoms with Crippen molar-refractivity contribution < 1.29 is 9.90 Å². The van der Waals surface area contributed by atoms with Gasteiger partial charge in [-0.05, 0) is 66.1 Å². The average molecular weight is 459 g/mol. The van der Waals surface area contributed by atoms with E-state index in [1.54, 1.807) is 11.0 Å². The van der Waals surface area contributed by atoms with Gasteiger partial charge in [0.25, 0.3) is 5.91 Å². The monoisotopic (exact) mass is 459 g/mol. The number of benzene rings is 1. The summed E-state index contributed by atoms with van der Waals surface area (Å²) in [5.41, 5.74) is 1.49. The number of carbonyl (C=O) groups excluding carboxylic acids is 1. The molecule has 1 heterocycles. The highest BCUT2D eigenvalue weighted by atomic mass is 127. The topological polar surface area (TPSA) is 40.5 Å². The number of phenols is 1. The molecule has 0 unspecified atom stereocenters. The van der Waals surface area contributed by atoms with Gasteiger partial charge in [0.2, 0.25) is 0 Å². The molecule has 1 saturated heterocycles. The van der Waals surface area contributed by atoms with E-state index in [9.17, 15) is 9.90 Å². The fourth-order valence-electron chi connectivity index (χ4n) is 3.15. The van der Waals surface area contributed by atoms with Crippen molar-refractivity contribution in [1.82, 2.24) is 4.90 Å². The van der Waals surface area contributed by atoms with Gasteiger partial charge in [0, 0.05) is 15.2 Å². The van der Waals surface area contributed by atoms with Gasteiger partial charge in [0.1, 0.15) is 10.1 Å². The van der Waals surface area contributed by atoms with Crippen molar-refractivity contribution in [2.24, 2.45) is 0 Å². The zero-order valence-electron chi connectivity index (χ0n) is 12.8. The Hall–Kier alpha value is -0.600. The van der Waals surface area contributed by atoms with Crippen molar-refractivity contribution in [2.45, 2.75) is 45.1 Å². The number of hydrogen-bond acceptors (Lipinski definition) is 4. The van der Waals surface area contributed by atoms with E-state index in [-0.39, 0.29) is 17.7 Å². The van der Waals surface area contributed by atoms with Crippen LogP contribution in [0.1, 0.15) is 43.2 Å². The fourth-order valence-corrected chi connectivity index (χ4v) is 5.34. The maximum Gasteiger partial charge on any atom is 0.266 e. The second-order valence-corrected chi connectivity index (χ2v) is 8.93. The van der Waals surface area contributed by atoms with Gasteiger partial charge in [-0.1, -0.05) is 43.2 Å². The summed E-state index contributed by atoms with van der Waals surface area (Å²) < 4.78 is 1.68. The number of rotatable bonds is 2. The first kappa shape index (κ1) is 17.2. The number of hydrogen-bond donors (Lipinski definition) is 1. The quantitative estimate of drug-likeness (QED) is 0.391. The molecule has 23 heavy (non-hydrogen) atoms. The van der Waals surface area contributed by atoms with E-state index in [0.29, 0.717) is 14.8 Å². The van der Waals surface area contributed by atoms with E-state index >= 15 is 0 Å². The second kappa shape index (κ2) is 7.11. The van der Waals surface area contributed by atoms with Crippen LogP contribution in [-0.4, -0.2) is 26.3 Å². The van der Waals surface area contributed by atoms with E-state index in [1.807, 2.05) is 19.1 Å². The summed E-state index contributed by atoms with van der Waals surface area (Å²) in [5.74, 6) is 0.219. The van der Waals surface area contributed by atoms with Crippen LogP contribution in [0.15, 0.2) is 17.0 Å². The van der Waals surface area contributed by atoms with Gasteiger partial charge in [-0.25, -0.2) is 0 Å². The summed E-state index contributed by atoms with van der Waals surface area (Å²) in [4.78, 5) is 15.2. The average Bonchev–Trinajstić information content (AvgIpc) is 2.79. The first-order valence-electron chi connectivity index (χ1n) is 7.73. The molecule has 0 spiro atoms. The van der Waals surface area contributed by atoms with E-state index in [4.69, 9.17) is 12.2 Å². The number of halogens is 1. The molecule has 1 aliphatic heterocycles. The Morgan fingerprint density at radius 3 is 2.74 bits per heavy atom. The van der Waals surface area contributed by atoms with Gasteiger partial charge in [-0.2, -0.15) is 0 Å². The minimum absolute atomic E-state index is 0.0113. The van der Waals surface area contributed by atoms with Crippen molar-refractivity contribution >= 4 is 62.9 Å². The lowest BCUT2D eigenvalue weighted by Gasteiger charge is -2.29. The zero-order valence-corrected chi connectivity index (χ0v) is 16.6. The van der Waals surface area contributed by atoms with E-state index < -0.39 is 0 Å². The molecular weight excluding hydrogens is 441 g/mol. The van der Waals surface area contributed by atoms with Crippen molar-refractivity contribution in [3.05, 3.63) is 31.7 Å². The van der Waals surface area contributed by atoms with Crippen LogP contribution in [-0.2, 0) is 4.79 Å². The molecule has 2 aliphatic rings. The molecule has 1 N–H and O–H groups in total. The van der Waals surface area contributed by atoms with Gasteiger partial charge in [0.05, 0.1) is 4.91 Å². The molecule has 1 aromatic carbocycles. The Labute approximate surface area is 159 Å². The molecule has 3 rings (SSSR count). The van der Waals surface area contributed by atoms with Crippen LogP contribution in [0.3, 0.4) is 0 Å². The van der Waals surface area contributed by atoms with Gasteiger partial charge in [0.15, 0.2) is 0 Å². The molecule has 0 aromatic heterocycles. The maximum atomic E-state index is 12.8. The number of aryl methyl sites for hydroxylation is 1. The molecule has 1 aromatic rings. The summed E-state index contributed by atoms with van der Waals surface area (Å²) in [6, 6.07) is 4.05. The maximum absolute atomic E-state index is 12.8. The minimum Gasteiger partial charge on any atom is -0.507 e. The van der Waals surface area contributed by atoms with Crippen LogP contribution >= 0.6 is 46.6 Å². The van der Waals surface area contributed by atoms with Gasteiger partial charge < -0.3 is 5.11 Å². The Morgan fingerprint density at radius 2 is 2.04 bits per heavy atom. The lowest BCUT2D eigenvalue weighted by atomic mass is 9.94. The first-order chi connectivity index (χ1) is 11.0. The van der Waals surface area contributed by atoms with Gasteiger partial charge in [-0.15, -0.1) is 0 Å². The zero-order chi connectivity index (χ0) is 16.6. The van der Waals surface area contributed by atoms with E-state index in [2.05, 4.69) is 22.6 Å². The van der Waals surface area contributed by atoms with Crippen LogP contribution in [0.2, 0.25) is 0 Å². The van der Waals surface area contributed by atoms with E-state index in [1.165, 1.54) is 18.2 Å². The number of thiocarbonyl (C=S) groups is 1. The molecule has 6 heteroatoms. The normalized spacial score (nSPS) is 21.5. The third-order valence-electron chi connectivity index (χ3n) is 4.34. The van der Waals surface area contributed by atoms with Crippen molar-refractivity contribution in [1.29, 1.82) is 0 Å². The molecule has 0 bridgehead atoms. The molecule has 1 amide bonds. The largest absolute Gasteiger partial charge is 0.507 e. The molecule has 1 aliphatic carbocycles. The highest BCUT2D eigenvalue weighted by Gasteiger charge is 2.37. The Balaban J connectivity index is 1.90. The molecule has 2 fully saturated rings. The van der Waals surface area contributed by atoms with Gasteiger partial charge in [-0.3, -0.25) is 9.69 Å². The molecule has 122 valence electrons. The van der Waals surface area contributed by atoms with Crippen molar-refractivity contribution in [2.75, 3.05) is 0 Å². The summed E-state index contributed by atoms with van der Waals surface area (Å²) >= 11 is 9.00. The lowest BCUT2D eigenvalue weighted by molar-refractivity contribution is -0.124. The Kier molecular flexibility index (Phi) is 5.32. The second-order valence-electron chi connectivity index (χ2n) is 6.00. The molecule has 0 radical (unpaired) electrons.